The SMILES string of the molecule is CC(CC(=O)O)NCCCc1ccccc1. The van der Waals surface area contributed by atoms with Crippen molar-refractivity contribution in [3.63, 3.8) is 0 Å². The van der Waals surface area contributed by atoms with Crippen LogP contribution in [0.5, 0.6) is 0 Å². The molecule has 0 aliphatic carbocycles. The first-order valence-electron chi connectivity index (χ1n) is 5.67. The predicted octanol–water partition coefficient (Wildman–Crippen LogP) is 2.07. The van der Waals surface area contributed by atoms with Crippen molar-refractivity contribution in [3.8, 4) is 0 Å². The largest absolute Gasteiger partial charge is 0.481 e. The van der Waals surface area contributed by atoms with Gasteiger partial charge in [0.15, 0.2) is 0 Å². The van der Waals surface area contributed by atoms with E-state index in [0.29, 0.717) is 0 Å². The molecule has 0 aliphatic rings. The van der Waals surface area contributed by atoms with Crippen LogP contribution in [0.4, 0.5) is 0 Å². The van der Waals surface area contributed by atoms with Gasteiger partial charge in [0, 0.05) is 6.04 Å². The molecule has 1 aromatic rings. The zero-order valence-corrected chi connectivity index (χ0v) is 9.65. The normalized spacial score (nSPS) is 12.3. The summed E-state index contributed by atoms with van der Waals surface area (Å²) in [6.45, 7) is 2.76. The number of carboxylic acids is 1. The Morgan fingerprint density at radius 2 is 2.06 bits per heavy atom. The fraction of sp³-hybridized carbons (Fsp3) is 0.462. The maximum atomic E-state index is 10.4. The summed E-state index contributed by atoms with van der Waals surface area (Å²) in [5, 5.41) is 11.8. The van der Waals surface area contributed by atoms with E-state index >= 15 is 0 Å². The lowest BCUT2D eigenvalue weighted by Gasteiger charge is -2.10. The van der Waals surface area contributed by atoms with E-state index in [0.717, 1.165) is 19.4 Å². The first-order chi connectivity index (χ1) is 7.68. The van der Waals surface area contributed by atoms with Crippen molar-refractivity contribution in [3.05, 3.63) is 35.9 Å². The summed E-state index contributed by atoms with van der Waals surface area (Å²) in [6.07, 6.45) is 2.26. The van der Waals surface area contributed by atoms with E-state index < -0.39 is 5.97 Å². The molecule has 0 amide bonds. The Bertz CT molecular complexity index is 311. The van der Waals surface area contributed by atoms with Crippen LogP contribution >= 0.6 is 0 Å². The summed E-state index contributed by atoms with van der Waals surface area (Å²) in [6, 6.07) is 10.4. The smallest absolute Gasteiger partial charge is 0.304 e. The number of hydrogen-bond donors (Lipinski definition) is 2. The van der Waals surface area contributed by atoms with Gasteiger partial charge in [0.05, 0.1) is 6.42 Å². The standard InChI is InChI=1S/C13H19NO2/c1-11(10-13(15)16)14-9-5-8-12-6-3-2-4-7-12/h2-4,6-7,11,14H,5,8-10H2,1H3,(H,15,16). The maximum Gasteiger partial charge on any atom is 0.304 e. The Balaban J connectivity index is 2.10. The quantitative estimate of drug-likeness (QED) is 0.693. The van der Waals surface area contributed by atoms with Gasteiger partial charge in [0.1, 0.15) is 0 Å². The third-order valence-electron chi connectivity index (χ3n) is 2.46. The van der Waals surface area contributed by atoms with Gasteiger partial charge in [0.2, 0.25) is 0 Å². The number of carboxylic acid groups (broad SMARTS) is 1. The van der Waals surface area contributed by atoms with E-state index in [1.807, 2.05) is 25.1 Å². The number of hydrogen-bond acceptors (Lipinski definition) is 2. The minimum Gasteiger partial charge on any atom is -0.481 e. The molecule has 88 valence electrons. The number of aryl methyl sites for hydroxylation is 1. The van der Waals surface area contributed by atoms with Crippen molar-refractivity contribution in [1.82, 2.24) is 5.32 Å². The topological polar surface area (TPSA) is 49.3 Å². The second-order valence-electron chi connectivity index (χ2n) is 4.04. The summed E-state index contributed by atoms with van der Waals surface area (Å²) in [4.78, 5) is 10.4. The molecule has 1 unspecified atom stereocenters. The highest BCUT2D eigenvalue weighted by Gasteiger charge is 2.05. The van der Waals surface area contributed by atoms with Crippen LogP contribution in [0.1, 0.15) is 25.3 Å². The summed E-state index contributed by atoms with van der Waals surface area (Å²) in [5.74, 6) is -0.747. The van der Waals surface area contributed by atoms with E-state index in [1.54, 1.807) is 0 Å². The van der Waals surface area contributed by atoms with Gasteiger partial charge in [-0.3, -0.25) is 4.79 Å². The lowest BCUT2D eigenvalue weighted by atomic mass is 10.1. The van der Waals surface area contributed by atoms with E-state index in [2.05, 4.69) is 17.4 Å². The molecule has 0 spiro atoms. The molecule has 2 N–H and O–H groups in total. The zero-order chi connectivity index (χ0) is 11.8. The Morgan fingerprint density at radius 1 is 1.38 bits per heavy atom. The van der Waals surface area contributed by atoms with Crippen molar-refractivity contribution in [2.45, 2.75) is 32.2 Å². The highest BCUT2D eigenvalue weighted by atomic mass is 16.4. The molecule has 0 aliphatic heterocycles. The highest BCUT2D eigenvalue weighted by Crippen LogP contribution is 2.01. The molecule has 0 bridgehead atoms. The van der Waals surface area contributed by atoms with Gasteiger partial charge >= 0.3 is 5.97 Å². The average Bonchev–Trinajstić information content (AvgIpc) is 2.25. The minimum absolute atomic E-state index is 0.0493. The van der Waals surface area contributed by atoms with E-state index in [1.165, 1.54) is 5.56 Å². The Labute approximate surface area is 96.5 Å². The number of benzene rings is 1. The van der Waals surface area contributed by atoms with Gasteiger partial charge in [-0.2, -0.15) is 0 Å². The third kappa shape index (κ3) is 5.51. The van der Waals surface area contributed by atoms with Crippen molar-refractivity contribution in [2.24, 2.45) is 0 Å². The second-order valence-corrected chi connectivity index (χ2v) is 4.04. The summed E-state index contributed by atoms with van der Waals surface area (Å²) >= 11 is 0. The molecule has 16 heavy (non-hydrogen) atoms. The molecule has 0 heterocycles. The van der Waals surface area contributed by atoms with Crippen LogP contribution in [0.2, 0.25) is 0 Å². The van der Waals surface area contributed by atoms with Gasteiger partial charge < -0.3 is 10.4 Å². The summed E-state index contributed by atoms with van der Waals surface area (Å²) in [5.41, 5.74) is 1.33. The Hall–Kier alpha value is -1.35. The predicted molar refractivity (Wildman–Crippen MR) is 64.5 cm³/mol. The van der Waals surface area contributed by atoms with Crippen LogP contribution in [0.15, 0.2) is 30.3 Å². The number of aliphatic carboxylic acids is 1. The van der Waals surface area contributed by atoms with Crippen LogP contribution in [-0.2, 0) is 11.2 Å². The van der Waals surface area contributed by atoms with Crippen molar-refractivity contribution in [1.29, 1.82) is 0 Å². The molecule has 0 aromatic heterocycles. The molecule has 1 atom stereocenters. The highest BCUT2D eigenvalue weighted by molar-refractivity contribution is 5.67. The molecule has 0 saturated carbocycles. The number of rotatable bonds is 7. The molecule has 3 heteroatoms. The summed E-state index contributed by atoms with van der Waals surface area (Å²) in [7, 11) is 0. The first-order valence-corrected chi connectivity index (χ1v) is 5.67. The van der Waals surface area contributed by atoms with Crippen LogP contribution in [-0.4, -0.2) is 23.7 Å². The molecular weight excluding hydrogens is 202 g/mol. The van der Waals surface area contributed by atoms with E-state index in [4.69, 9.17) is 5.11 Å². The van der Waals surface area contributed by atoms with Gasteiger partial charge in [-0.1, -0.05) is 30.3 Å². The van der Waals surface area contributed by atoms with Crippen molar-refractivity contribution in [2.75, 3.05) is 6.54 Å². The van der Waals surface area contributed by atoms with E-state index in [9.17, 15) is 4.79 Å². The molecule has 1 aromatic carbocycles. The first kappa shape index (κ1) is 12.7. The number of nitrogens with one attached hydrogen (secondary N) is 1. The molecule has 0 saturated heterocycles. The molecule has 3 nitrogen and oxygen atoms in total. The minimum atomic E-state index is -0.747. The lowest BCUT2D eigenvalue weighted by molar-refractivity contribution is -0.137. The molecular formula is C13H19NO2. The van der Waals surface area contributed by atoms with Crippen LogP contribution in [0, 0.1) is 0 Å². The Morgan fingerprint density at radius 3 is 2.69 bits per heavy atom. The van der Waals surface area contributed by atoms with Gasteiger partial charge in [-0.25, -0.2) is 0 Å². The summed E-state index contributed by atoms with van der Waals surface area (Å²) < 4.78 is 0. The lowest BCUT2D eigenvalue weighted by Crippen LogP contribution is -2.29. The zero-order valence-electron chi connectivity index (χ0n) is 9.65. The Kier molecular flexibility index (Phi) is 5.57. The fourth-order valence-electron chi connectivity index (χ4n) is 1.62. The van der Waals surface area contributed by atoms with Crippen LogP contribution < -0.4 is 5.32 Å². The monoisotopic (exact) mass is 221 g/mol. The van der Waals surface area contributed by atoms with Gasteiger partial charge in [-0.15, -0.1) is 0 Å². The maximum absolute atomic E-state index is 10.4. The van der Waals surface area contributed by atoms with Crippen LogP contribution in [0.25, 0.3) is 0 Å². The van der Waals surface area contributed by atoms with Gasteiger partial charge in [0.25, 0.3) is 0 Å². The number of carbonyl (C=O) groups is 1. The molecule has 0 radical (unpaired) electrons. The van der Waals surface area contributed by atoms with Crippen LogP contribution in [0.3, 0.4) is 0 Å². The molecule has 0 fully saturated rings. The van der Waals surface area contributed by atoms with Crippen molar-refractivity contribution < 1.29 is 9.90 Å². The second kappa shape index (κ2) is 7.01. The average molecular weight is 221 g/mol. The van der Waals surface area contributed by atoms with Crippen molar-refractivity contribution >= 4 is 5.97 Å². The molecule has 1 rings (SSSR count). The van der Waals surface area contributed by atoms with Gasteiger partial charge in [-0.05, 0) is 31.9 Å². The third-order valence-corrected chi connectivity index (χ3v) is 2.46. The fourth-order valence-corrected chi connectivity index (χ4v) is 1.62. The van der Waals surface area contributed by atoms with E-state index in [-0.39, 0.29) is 12.5 Å².